The molecular formula is C15H17FN2O4S. The van der Waals surface area contributed by atoms with Crippen LogP contribution >= 0.6 is 11.8 Å². The topological polar surface area (TPSA) is 67.9 Å². The minimum Gasteiger partial charge on any atom is -0.467 e. The molecule has 0 atom stereocenters. The Morgan fingerprint density at radius 3 is 3.09 bits per heavy atom. The highest BCUT2D eigenvalue weighted by atomic mass is 32.2. The van der Waals surface area contributed by atoms with Gasteiger partial charge in [0.25, 0.3) is 0 Å². The molecule has 0 unspecified atom stereocenters. The van der Waals surface area contributed by atoms with Gasteiger partial charge in [0, 0.05) is 12.1 Å². The molecular weight excluding hydrogens is 323 g/mol. The average Bonchev–Trinajstić information content (AvgIpc) is 2.92. The number of nitrogens with zero attached hydrogens (tertiary/aromatic N) is 1. The third-order valence-corrected chi connectivity index (χ3v) is 4.57. The predicted molar refractivity (Wildman–Crippen MR) is 82.4 cm³/mol. The van der Waals surface area contributed by atoms with Gasteiger partial charge in [-0.05, 0) is 24.1 Å². The van der Waals surface area contributed by atoms with E-state index < -0.39 is 0 Å². The molecule has 2 heterocycles. The van der Waals surface area contributed by atoms with Crippen LogP contribution in [0.4, 0.5) is 4.39 Å². The molecule has 0 bridgehead atoms. The van der Waals surface area contributed by atoms with Gasteiger partial charge in [0.2, 0.25) is 11.8 Å². The summed E-state index contributed by atoms with van der Waals surface area (Å²) in [5.74, 6) is 1.05. The van der Waals surface area contributed by atoms with Crippen LogP contribution in [0.25, 0.3) is 0 Å². The van der Waals surface area contributed by atoms with Crippen LogP contribution in [0.5, 0.6) is 5.75 Å². The highest BCUT2D eigenvalue weighted by Gasteiger charge is 2.23. The molecule has 1 fully saturated rings. The van der Waals surface area contributed by atoms with Gasteiger partial charge in [-0.15, -0.1) is 11.8 Å². The summed E-state index contributed by atoms with van der Waals surface area (Å²) in [7, 11) is 0. The Labute approximate surface area is 137 Å². The van der Waals surface area contributed by atoms with Crippen LogP contribution in [0.3, 0.4) is 0 Å². The molecule has 124 valence electrons. The first kappa shape index (κ1) is 16.1. The van der Waals surface area contributed by atoms with Crippen molar-refractivity contribution in [1.82, 2.24) is 10.2 Å². The van der Waals surface area contributed by atoms with Crippen molar-refractivity contribution in [3.63, 3.8) is 0 Å². The summed E-state index contributed by atoms with van der Waals surface area (Å²) in [5, 5.41) is 2.75. The molecule has 1 N–H and O–H groups in total. The van der Waals surface area contributed by atoms with Crippen molar-refractivity contribution < 1.29 is 23.5 Å². The zero-order chi connectivity index (χ0) is 16.2. The van der Waals surface area contributed by atoms with E-state index in [-0.39, 0.29) is 31.0 Å². The van der Waals surface area contributed by atoms with Crippen LogP contribution in [0.15, 0.2) is 12.1 Å². The van der Waals surface area contributed by atoms with Crippen LogP contribution in [0.2, 0.25) is 0 Å². The van der Waals surface area contributed by atoms with Crippen molar-refractivity contribution in [3.8, 4) is 5.75 Å². The van der Waals surface area contributed by atoms with Crippen molar-refractivity contribution >= 4 is 23.6 Å². The number of carbonyl (C=O) groups excluding carboxylic acids is 2. The number of thioether (sulfide) groups is 1. The van der Waals surface area contributed by atoms with E-state index in [1.165, 1.54) is 28.8 Å². The molecule has 0 aliphatic carbocycles. The highest BCUT2D eigenvalue weighted by molar-refractivity contribution is 8.00. The molecule has 8 heteroatoms. The van der Waals surface area contributed by atoms with Crippen LogP contribution in [-0.4, -0.2) is 48.2 Å². The summed E-state index contributed by atoms with van der Waals surface area (Å²) in [6, 6.07) is 2.81. The smallest absolute Gasteiger partial charge is 0.239 e. The maximum atomic E-state index is 13.6. The first-order valence-electron chi connectivity index (χ1n) is 7.27. The molecule has 3 rings (SSSR count). The van der Waals surface area contributed by atoms with Crippen LogP contribution < -0.4 is 10.1 Å². The van der Waals surface area contributed by atoms with Crippen molar-refractivity contribution in [1.29, 1.82) is 0 Å². The maximum absolute atomic E-state index is 13.6. The molecule has 2 amide bonds. The first-order chi connectivity index (χ1) is 11.1. The lowest BCUT2D eigenvalue weighted by molar-refractivity contribution is -0.132. The number of fused-ring (bicyclic) bond motifs is 1. The zero-order valence-electron chi connectivity index (χ0n) is 12.5. The largest absolute Gasteiger partial charge is 0.467 e. The molecule has 1 aromatic carbocycles. The van der Waals surface area contributed by atoms with Crippen molar-refractivity contribution in [2.75, 3.05) is 31.5 Å². The normalized spacial score (nSPS) is 16.9. The number of hydrogen-bond acceptors (Lipinski definition) is 5. The number of rotatable bonds is 5. The number of halogens is 1. The SMILES string of the molecule is O=C(CN1CSCC1=O)NCCc1cc(F)cc2c1OCOC2. The Morgan fingerprint density at radius 1 is 1.43 bits per heavy atom. The van der Waals surface area contributed by atoms with E-state index >= 15 is 0 Å². The summed E-state index contributed by atoms with van der Waals surface area (Å²) < 4.78 is 24.2. The molecule has 1 aromatic rings. The number of carbonyl (C=O) groups is 2. The third-order valence-electron chi connectivity index (χ3n) is 3.63. The minimum absolute atomic E-state index is 0.0160. The quantitative estimate of drug-likeness (QED) is 0.862. The Balaban J connectivity index is 1.53. The zero-order valence-corrected chi connectivity index (χ0v) is 13.3. The van der Waals surface area contributed by atoms with Gasteiger partial charge in [-0.1, -0.05) is 0 Å². The van der Waals surface area contributed by atoms with Gasteiger partial charge in [0.1, 0.15) is 18.1 Å². The van der Waals surface area contributed by atoms with E-state index in [1.807, 2.05) is 0 Å². The Morgan fingerprint density at radius 2 is 2.30 bits per heavy atom. The maximum Gasteiger partial charge on any atom is 0.239 e. The summed E-state index contributed by atoms with van der Waals surface area (Å²) in [6.07, 6.45) is 0.453. The average molecular weight is 340 g/mol. The van der Waals surface area contributed by atoms with Crippen LogP contribution in [0.1, 0.15) is 11.1 Å². The Hall–Kier alpha value is -1.80. The van der Waals surface area contributed by atoms with Crippen molar-refractivity contribution in [2.45, 2.75) is 13.0 Å². The molecule has 2 aliphatic heterocycles. The fourth-order valence-corrected chi connectivity index (χ4v) is 3.45. The van der Waals surface area contributed by atoms with E-state index in [9.17, 15) is 14.0 Å². The minimum atomic E-state index is -0.348. The molecule has 2 aliphatic rings. The summed E-state index contributed by atoms with van der Waals surface area (Å²) in [4.78, 5) is 24.8. The number of benzene rings is 1. The molecule has 6 nitrogen and oxygen atoms in total. The van der Waals surface area contributed by atoms with E-state index in [2.05, 4.69) is 5.32 Å². The monoisotopic (exact) mass is 340 g/mol. The predicted octanol–water partition coefficient (Wildman–Crippen LogP) is 0.884. The molecule has 0 spiro atoms. The lowest BCUT2D eigenvalue weighted by Gasteiger charge is -2.21. The van der Waals surface area contributed by atoms with E-state index in [1.54, 1.807) is 0 Å². The van der Waals surface area contributed by atoms with Crippen LogP contribution in [-0.2, 0) is 27.4 Å². The van der Waals surface area contributed by atoms with Crippen LogP contribution in [0, 0.1) is 5.82 Å². The van der Waals surface area contributed by atoms with Gasteiger partial charge in [-0.2, -0.15) is 0 Å². The first-order valence-corrected chi connectivity index (χ1v) is 8.43. The van der Waals surface area contributed by atoms with Crippen molar-refractivity contribution in [3.05, 3.63) is 29.1 Å². The third kappa shape index (κ3) is 3.94. The lowest BCUT2D eigenvalue weighted by Crippen LogP contribution is -2.38. The molecule has 0 radical (unpaired) electrons. The standard InChI is InChI=1S/C15H17FN2O4S/c16-12-3-10(15-11(4-12)6-21-9-22-15)1-2-17-13(19)5-18-8-23-7-14(18)20/h3-4H,1-2,5-9H2,(H,17,19). The summed E-state index contributed by atoms with van der Waals surface area (Å²) in [6.45, 7) is 0.888. The molecule has 0 saturated carbocycles. The number of nitrogens with one attached hydrogen (secondary N) is 1. The molecule has 1 saturated heterocycles. The second-order valence-electron chi connectivity index (χ2n) is 5.33. The van der Waals surface area contributed by atoms with Gasteiger partial charge >= 0.3 is 0 Å². The lowest BCUT2D eigenvalue weighted by atomic mass is 10.1. The second-order valence-corrected chi connectivity index (χ2v) is 6.29. The van der Waals surface area contributed by atoms with Gasteiger partial charge in [0.05, 0.1) is 18.2 Å². The summed E-state index contributed by atoms with van der Waals surface area (Å²) >= 11 is 1.50. The molecule has 23 heavy (non-hydrogen) atoms. The Kier molecular flexibility index (Phi) is 5.02. The van der Waals surface area contributed by atoms with Gasteiger partial charge in [0.15, 0.2) is 6.79 Å². The van der Waals surface area contributed by atoms with Gasteiger partial charge in [-0.25, -0.2) is 4.39 Å². The fraction of sp³-hybridized carbons (Fsp3) is 0.467. The number of hydrogen-bond donors (Lipinski definition) is 1. The van der Waals surface area contributed by atoms with E-state index in [0.717, 1.165) is 0 Å². The number of ether oxygens (including phenoxy) is 2. The molecule has 0 aromatic heterocycles. The summed E-state index contributed by atoms with van der Waals surface area (Å²) in [5.41, 5.74) is 1.38. The second kappa shape index (κ2) is 7.18. The highest BCUT2D eigenvalue weighted by Crippen LogP contribution is 2.29. The van der Waals surface area contributed by atoms with E-state index in [4.69, 9.17) is 9.47 Å². The van der Waals surface area contributed by atoms with Gasteiger partial charge in [-0.3, -0.25) is 9.59 Å². The fourth-order valence-electron chi connectivity index (χ4n) is 2.55. The van der Waals surface area contributed by atoms with E-state index in [0.29, 0.717) is 48.1 Å². The van der Waals surface area contributed by atoms with Crippen molar-refractivity contribution in [2.24, 2.45) is 0 Å². The number of amides is 2. The Bertz CT molecular complexity index is 626. The van der Waals surface area contributed by atoms with Gasteiger partial charge < -0.3 is 19.7 Å².